The van der Waals surface area contributed by atoms with Gasteiger partial charge in [0.1, 0.15) is 11.9 Å². The van der Waals surface area contributed by atoms with E-state index in [-0.39, 0.29) is 5.82 Å². The molecule has 0 spiro atoms. The van der Waals surface area contributed by atoms with Crippen molar-refractivity contribution in [2.75, 3.05) is 0 Å². The van der Waals surface area contributed by atoms with Crippen molar-refractivity contribution in [1.29, 1.82) is 0 Å². The second-order valence-corrected chi connectivity index (χ2v) is 5.42. The number of halogens is 2. The van der Waals surface area contributed by atoms with Gasteiger partial charge < -0.3 is 5.11 Å². The Morgan fingerprint density at radius 2 is 2.00 bits per heavy atom. The average Bonchev–Trinajstić information content (AvgIpc) is 2.39. The molecule has 0 aromatic heterocycles. The van der Waals surface area contributed by atoms with Crippen LogP contribution < -0.4 is 0 Å². The lowest BCUT2D eigenvalue weighted by Crippen LogP contribution is -2.02. The summed E-state index contributed by atoms with van der Waals surface area (Å²) in [6, 6.07) is 12.2. The predicted octanol–water partition coefficient (Wildman–Crippen LogP) is 4.62. The summed E-state index contributed by atoms with van der Waals surface area (Å²) in [7, 11) is 0. The molecule has 0 fully saturated rings. The molecule has 0 aliphatic heterocycles. The second kappa shape index (κ2) is 6.31. The van der Waals surface area contributed by atoms with E-state index in [0.717, 1.165) is 18.4 Å². The Labute approximate surface area is 121 Å². The van der Waals surface area contributed by atoms with E-state index in [1.54, 1.807) is 6.07 Å². The molecule has 0 saturated carbocycles. The molecule has 0 heterocycles. The number of hydrogen-bond acceptors (Lipinski definition) is 1. The smallest absolute Gasteiger partial charge is 0.124 e. The summed E-state index contributed by atoms with van der Waals surface area (Å²) < 4.78 is 13.7. The third-order valence-electron chi connectivity index (χ3n) is 3.06. The van der Waals surface area contributed by atoms with Crippen LogP contribution in [-0.4, -0.2) is 5.11 Å². The van der Waals surface area contributed by atoms with Crippen LogP contribution in [0.5, 0.6) is 0 Å². The standard InChI is InChI=1S/C16H16BrFO/c1-2-4-11-5-3-6-12(9-11)16(19)14-8-7-13(18)10-15(14)17/h3,5-10,16,19H,2,4H2,1H3. The normalized spacial score (nSPS) is 12.4. The zero-order chi connectivity index (χ0) is 13.8. The first-order chi connectivity index (χ1) is 9.11. The number of rotatable bonds is 4. The third-order valence-corrected chi connectivity index (χ3v) is 3.75. The molecular formula is C16H16BrFO. The van der Waals surface area contributed by atoms with Gasteiger partial charge in [0.25, 0.3) is 0 Å². The van der Waals surface area contributed by atoms with Gasteiger partial charge in [0, 0.05) is 4.47 Å². The number of benzene rings is 2. The molecule has 0 saturated heterocycles. The maximum absolute atomic E-state index is 13.1. The fourth-order valence-corrected chi connectivity index (χ4v) is 2.68. The van der Waals surface area contributed by atoms with Crippen LogP contribution in [0.15, 0.2) is 46.9 Å². The van der Waals surface area contributed by atoms with Crippen LogP contribution >= 0.6 is 15.9 Å². The molecule has 3 heteroatoms. The predicted molar refractivity (Wildman–Crippen MR) is 78.6 cm³/mol. The lowest BCUT2D eigenvalue weighted by molar-refractivity contribution is 0.219. The maximum Gasteiger partial charge on any atom is 0.124 e. The van der Waals surface area contributed by atoms with Gasteiger partial charge in [0.2, 0.25) is 0 Å². The van der Waals surface area contributed by atoms with Crippen LogP contribution in [0.1, 0.15) is 36.1 Å². The van der Waals surface area contributed by atoms with Crippen molar-refractivity contribution in [3.63, 3.8) is 0 Å². The first-order valence-corrected chi connectivity index (χ1v) is 7.13. The zero-order valence-electron chi connectivity index (χ0n) is 10.7. The monoisotopic (exact) mass is 322 g/mol. The SMILES string of the molecule is CCCc1cccc(C(O)c2ccc(F)cc2Br)c1. The minimum atomic E-state index is -0.744. The van der Waals surface area contributed by atoms with Crippen molar-refractivity contribution in [3.8, 4) is 0 Å². The Balaban J connectivity index is 2.32. The van der Waals surface area contributed by atoms with Crippen molar-refractivity contribution in [2.45, 2.75) is 25.9 Å². The molecular weight excluding hydrogens is 307 g/mol. The summed E-state index contributed by atoms with van der Waals surface area (Å²) in [6.45, 7) is 2.12. The lowest BCUT2D eigenvalue weighted by atomic mass is 9.98. The quantitative estimate of drug-likeness (QED) is 0.870. The summed E-state index contributed by atoms with van der Waals surface area (Å²) >= 11 is 3.29. The fourth-order valence-electron chi connectivity index (χ4n) is 2.11. The topological polar surface area (TPSA) is 20.2 Å². The molecule has 100 valence electrons. The van der Waals surface area contributed by atoms with Crippen LogP contribution in [-0.2, 0) is 6.42 Å². The molecule has 1 nitrogen and oxygen atoms in total. The van der Waals surface area contributed by atoms with Gasteiger partial charge in [-0.1, -0.05) is 59.6 Å². The molecule has 1 atom stereocenters. The first-order valence-electron chi connectivity index (χ1n) is 6.33. The zero-order valence-corrected chi connectivity index (χ0v) is 12.3. The third kappa shape index (κ3) is 3.43. The van der Waals surface area contributed by atoms with E-state index >= 15 is 0 Å². The van der Waals surface area contributed by atoms with Gasteiger partial charge >= 0.3 is 0 Å². The van der Waals surface area contributed by atoms with Crippen molar-refractivity contribution >= 4 is 15.9 Å². The minimum absolute atomic E-state index is 0.317. The van der Waals surface area contributed by atoms with Crippen LogP contribution in [0, 0.1) is 5.82 Å². The van der Waals surface area contributed by atoms with Crippen LogP contribution in [0.4, 0.5) is 4.39 Å². The molecule has 0 aliphatic rings. The van der Waals surface area contributed by atoms with Gasteiger partial charge in [0.05, 0.1) is 0 Å². The first kappa shape index (κ1) is 14.2. The second-order valence-electron chi connectivity index (χ2n) is 4.56. The van der Waals surface area contributed by atoms with Crippen LogP contribution in [0.3, 0.4) is 0 Å². The van der Waals surface area contributed by atoms with E-state index in [4.69, 9.17) is 0 Å². The van der Waals surface area contributed by atoms with Gasteiger partial charge in [-0.15, -0.1) is 0 Å². The average molecular weight is 323 g/mol. The van der Waals surface area contributed by atoms with Gasteiger partial charge in [-0.05, 0) is 35.2 Å². The largest absolute Gasteiger partial charge is 0.384 e. The number of hydrogen-bond donors (Lipinski definition) is 1. The van der Waals surface area contributed by atoms with Gasteiger partial charge in [-0.3, -0.25) is 0 Å². The Morgan fingerprint density at radius 3 is 2.68 bits per heavy atom. The summed E-state index contributed by atoms with van der Waals surface area (Å²) in [4.78, 5) is 0. The maximum atomic E-state index is 13.1. The van der Waals surface area contributed by atoms with Crippen LogP contribution in [0.25, 0.3) is 0 Å². The minimum Gasteiger partial charge on any atom is -0.384 e. The van der Waals surface area contributed by atoms with Crippen molar-refractivity contribution in [1.82, 2.24) is 0 Å². The Morgan fingerprint density at radius 1 is 1.21 bits per heavy atom. The molecule has 19 heavy (non-hydrogen) atoms. The molecule has 1 N–H and O–H groups in total. The highest BCUT2D eigenvalue weighted by Crippen LogP contribution is 2.29. The highest BCUT2D eigenvalue weighted by Gasteiger charge is 2.14. The summed E-state index contributed by atoms with van der Waals surface area (Å²) in [6.07, 6.45) is 1.32. The van der Waals surface area contributed by atoms with Crippen molar-refractivity contribution in [2.24, 2.45) is 0 Å². The highest BCUT2D eigenvalue weighted by atomic mass is 79.9. The summed E-state index contributed by atoms with van der Waals surface area (Å²) in [5.74, 6) is -0.317. The molecule has 0 aliphatic carbocycles. The number of aliphatic hydroxyl groups is 1. The number of aliphatic hydroxyl groups excluding tert-OH is 1. The van der Waals surface area contributed by atoms with E-state index in [1.807, 2.05) is 18.2 Å². The Kier molecular flexibility index (Phi) is 4.72. The Hall–Kier alpha value is -1.19. The van der Waals surface area contributed by atoms with E-state index < -0.39 is 6.10 Å². The van der Waals surface area contributed by atoms with Gasteiger partial charge in [0.15, 0.2) is 0 Å². The Bertz CT molecular complexity index is 568. The van der Waals surface area contributed by atoms with E-state index in [2.05, 4.69) is 28.9 Å². The molecule has 2 aromatic rings. The number of aryl methyl sites for hydroxylation is 1. The van der Waals surface area contributed by atoms with E-state index in [9.17, 15) is 9.50 Å². The summed E-state index contributed by atoms with van der Waals surface area (Å²) in [5.41, 5.74) is 2.71. The van der Waals surface area contributed by atoms with Crippen molar-refractivity contribution < 1.29 is 9.50 Å². The fraction of sp³-hybridized carbons (Fsp3) is 0.250. The molecule has 2 rings (SSSR count). The van der Waals surface area contributed by atoms with E-state index in [0.29, 0.717) is 10.0 Å². The molecule has 0 radical (unpaired) electrons. The molecule has 1 unspecified atom stereocenters. The van der Waals surface area contributed by atoms with Crippen molar-refractivity contribution in [3.05, 3.63) is 69.4 Å². The van der Waals surface area contributed by atoms with E-state index in [1.165, 1.54) is 17.7 Å². The molecule has 0 amide bonds. The lowest BCUT2D eigenvalue weighted by Gasteiger charge is -2.14. The molecule has 2 aromatic carbocycles. The summed E-state index contributed by atoms with van der Waals surface area (Å²) in [5, 5.41) is 10.4. The van der Waals surface area contributed by atoms with Gasteiger partial charge in [-0.2, -0.15) is 0 Å². The van der Waals surface area contributed by atoms with Gasteiger partial charge in [-0.25, -0.2) is 4.39 Å². The molecule has 0 bridgehead atoms. The highest BCUT2D eigenvalue weighted by molar-refractivity contribution is 9.10. The van der Waals surface area contributed by atoms with Crippen LogP contribution in [0.2, 0.25) is 0 Å².